The van der Waals surface area contributed by atoms with Crippen molar-refractivity contribution in [1.29, 1.82) is 0 Å². The van der Waals surface area contributed by atoms with Crippen LogP contribution in [0.2, 0.25) is 0 Å². The van der Waals surface area contributed by atoms with Crippen LogP contribution in [-0.4, -0.2) is 25.5 Å². The summed E-state index contributed by atoms with van der Waals surface area (Å²) in [6, 6.07) is 19.6. The Morgan fingerprint density at radius 3 is 2.22 bits per heavy atom. The van der Waals surface area contributed by atoms with E-state index < -0.39 is 5.25 Å². The monoisotopic (exact) mass is 440 g/mol. The van der Waals surface area contributed by atoms with E-state index in [4.69, 9.17) is 0 Å². The Hall–Kier alpha value is -3.51. The van der Waals surface area contributed by atoms with Gasteiger partial charge in [-0.25, -0.2) is 0 Å². The van der Waals surface area contributed by atoms with Gasteiger partial charge in [-0.3, -0.25) is 14.3 Å². The Morgan fingerprint density at radius 2 is 1.59 bits per heavy atom. The number of rotatable bonds is 8. The van der Waals surface area contributed by atoms with Gasteiger partial charge in [-0.1, -0.05) is 77.5 Å². The van der Waals surface area contributed by atoms with Gasteiger partial charge >= 0.3 is 0 Å². The third kappa shape index (κ3) is 4.70. The van der Waals surface area contributed by atoms with Gasteiger partial charge in [0, 0.05) is 30.1 Å². The number of allylic oxidation sites excluding steroid dienone is 1. The topological polar surface area (TPSA) is 60.7 Å². The van der Waals surface area contributed by atoms with E-state index >= 15 is 0 Å². The Bertz CT molecular complexity index is 1220. The van der Waals surface area contributed by atoms with Crippen molar-refractivity contribution >= 4 is 17.5 Å². The molecule has 0 fully saturated rings. The van der Waals surface area contributed by atoms with Crippen LogP contribution in [0.5, 0.6) is 0 Å². The molecule has 6 heteroatoms. The van der Waals surface area contributed by atoms with Crippen LogP contribution in [0, 0.1) is 13.8 Å². The molecule has 0 N–H and O–H groups in total. The quantitative estimate of drug-likeness (QED) is 0.195. The molecule has 0 aliphatic rings. The maximum absolute atomic E-state index is 13.6. The number of pyridine rings is 1. The van der Waals surface area contributed by atoms with E-state index in [0.29, 0.717) is 17.3 Å². The number of Topliss-reactive ketones (excluding diaryl/α,β-unsaturated/α-hetero) is 1. The summed E-state index contributed by atoms with van der Waals surface area (Å²) in [4.78, 5) is 17.7. The predicted molar refractivity (Wildman–Crippen MR) is 129 cm³/mol. The minimum atomic E-state index is -0.448. The van der Waals surface area contributed by atoms with Crippen LogP contribution in [-0.2, 0) is 6.54 Å². The average molecular weight is 441 g/mol. The van der Waals surface area contributed by atoms with E-state index in [0.717, 1.165) is 28.1 Å². The summed E-state index contributed by atoms with van der Waals surface area (Å²) >= 11 is 1.41. The molecule has 0 bridgehead atoms. The summed E-state index contributed by atoms with van der Waals surface area (Å²) in [5.74, 6) is 0.762. The molecular formula is C26H24N4OS. The fourth-order valence-corrected chi connectivity index (χ4v) is 4.50. The highest BCUT2D eigenvalue weighted by atomic mass is 32.2. The number of hydrogen-bond donors (Lipinski definition) is 0. The Labute approximate surface area is 192 Å². The van der Waals surface area contributed by atoms with Crippen molar-refractivity contribution in [3.8, 4) is 11.4 Å². The van der Waals surface area contributed by atoms with Gasteiger partial charge in [0.2, 0.25) is 0 Å². The van der Waals surface area contributed by atoms with E-state index in [1.807, 2.05) is 79.1 Å². The van der Waals surface area contributed by atoms with Gasteiger partial charge in [-0.2, -0.15) is 0 Å². The first-order valence-corrected chi connectivity index (χ1v) is 11.2. The minimum absolute atomic E-state index is 0.0393. The van der Waals surface area contributed by atoms with E-state index in [1.165, 1.54) is 11.8 Å². The Balaban J connectivity index is 1.75. The summed E-state index contributed by atoms with van der Waals surface area (Å²) in [5, 5.41) is 9.08. The molecule has 0 spiro atoms. The summed E-state index contributed by atoms with van der Waals surface area (Å²) < 4.78 is 1.98. The van der Waals surface area contributed by atoms with Crippen LogP contribution in [0.15, 0.2) is 90.9 Å². The lowest BCUT2D eigenvalue weighted by molar-refractivity contribution is 0.0989. The first kappa shape index (κ1) is 21.7. The summed E-state index contributed by atoms with van der Waals surface area (Å²) in [5.41, 5.74) is 4.80. The molecule has 0 radical (unpaired) electrons. The normalized spacial score (nSPS) is 11.8. The Kier molecular flexibility index (Phi) is 6.61. The van der Waals surface area contributed by atoms with Crippen molar-refractivity contribution in [2.45, 2.75) is 30.8 Å². The number of aromatic nitrogens is 4. The number of ketones is 1. The highest BCUT2D eigenvalue weighted by molar-refractivity contribution is 8.00. The molecule has 2 aromatic carbocycles. The summed E-state index contributed by atoms with van der Waals surface area (Å²) in [6.07, 6.45) is 5.26. The fourth-order valence-electron chi connectivity index (χ4n) is 3.37. The third-order valence-electron chi connectivity index (χ3n) is 5.14. The van der Waals surface area contributed by atoms with E-state index in [9.17, 15) is 4.79 Å². The van der Waals surface area contributed by atoms with Crippen molar-refractivity contribution in [2.75, 3.05) is 0 Å². The zero-order valence-electron chi connectivity index (χ0n) is 18.1. The van der Waals surface area contributed by atoms with Crippen LogP contribution in [0.25, 0.3) is 11.4 Å². The maximum Gasteiger partial charge on any atom is 0.192 e. The highest BCUT2D eigenvalue weighted by Gasteiger charge is 2.27. The molecule has 0 saturated heterocycles. The third-order valence-corrected chi connectivity index (χ3v) is 6.38. The van der Waals surface area contributed by atoms with Crippen molar-refractivity contribution in [1.82, 2.24) is 19.7 Å². The number of benzene rings is 2. The molecule has 0 amide bonds. The van der Waals surface area contributed by atoms with Crippen LogP contribution in [0.4, 0.5) is 0 Å². The Morgan fingerprint density at radius 1 is 0.969 bits per heavy atom. The van der Waals surface area contributed by atoms with Gasteiger partial charge in [0.1, 0.15) is 5.25 Å². The molecule has 4 aromatic rings. The molecule has 0 aliphatic heterocycles. The molecule has 1 unspecified atom stereocenters. The van der Waals surface area contributed by atoms with Gasteiger partial charge in [0.05, 0.1) is 0 Å². The number of carbonyl (C=O) groups is 1. The zero-order valence-corrected chi connectivity index (χ0v) is 18.9. The second-order valence-electron chi connectivity index (χ2n) is 7.58. The molecule has 2 heterocycles. The SMILES string of the molecule is C=CCn1c(SC(C(=O)c2ccc(C)cc2)c2ccc(C)cc2)nnc1-c1ccncc1. The lowest BCUT2D eigenvalue weighted by atomic mass is 10.0. The smallest absolute Gasteiger partial charge is 0.192 e. The second-order valence-corrected chi connectivity index (χ2v) is 8.65. The minimum Gasteiger partial charge on any atom is -0.298 e. The average Bonchev–Trinajstić information content (AvgIpc) is 3.21. The van der Waals surface area contributed by atoms with E-state index in [-0.39, 0.29) is 5.78 Å². The molecule has 160 valence electrons. The molecular weight excluding hydrogens is 416 g/mol. The van der Waals surface area contributed by atoms with Gasteiger partial charge in [0.15, 0.2) is 16.8 Å². The van der Waals surface area contributed by atoms with Crippen molar-refractivity contribution < 1.29 is 4.79 Å². The lowest BCUT2D eigenvalue weighted by Crippen LogP contribution is -2.12. The van der Waals surface area contributed by atoms with Gasteiger partial charge in [0.25, 0.3) is 0 Å². The lowest BCUT2D eigenvalue weighted by Gasteiger charge is -2.17. The van der Waals surface area contributed by atoms with E-state index in [1.54, 1.807) is 18.5 Å². The molecule has 0 aliphatic carbocycles. The highest BCUT2D eigenvalue weighted by Crippen LogP contribution is 2.38. The molecule has 32 heavy (non-hydrogen) atoms. The van der Waals surface area contributed by atoms with Crippen molar-refractivity contribution in [2.24, 2.45) is 0 Å². The van der Waals surface area contributed by atoms with Gasteiger partial charge in [-0.05, 0) is 31.5 Å². The van der Waals surface area contributed by atoms with Crippen LogP contribution < -0.4 is 0 Å². The number of hydrogen-bond acceptors (Lipinski definition) is 5. The number of aryl methyl sites for hydroxylation is 2. The standard InChI is InChI=1S/C26H24N4OS/c1-4-17-30-25(22-13-15-27-16-14-22)28-29-26(30)32-24(21-11-7-19(3)8-12-21)23(31)20-9-5-18(2)6-10-20/h4-16,24H,1,17H2,2-3H3. The van der Waals surface area contributed by atoms with Crippen molar-refractivity contribution in [3.05, 3.63) is 108 Å². The number of thioether (sulfide) groups is 1. The maximum atomic E-state index is 13.6. The van der Waals surface area contributed by atoms with Gasteiger partial charge < -0.3 is 0 Å². The second kappa shape index (κ2) is 9.75. The van der Waals surface area contributed by atoms with Gasteiger partial charge in [-0.15, -0.1) is 16.8 Å². The van der Waals surface area contributed by atoms with Crippen LogP contribution >= 0.6 is 11.8 Å². The largest absolute Gasteiger partial charge is 0.298 e. The molecule has 0 saturated carbocycles. The van der Waals surface area contributed by atoms with Crippen LogP contribution in [0.1, 0.15) is 32.3 Å². The molecule has 4 rings (SSSR count). The first-order chi connectivity index (χ1) is 15.6. The zero-order chi connectivity index (χ0) is 22.5. The summed E-state index contributed by atoms with van der Waals surface area (Å²) in [7, 11) is 0. The van der Waals surface area contributed by atoms with Crippen LogP contribution in [0.3, 0.4) is 0 Å². The number of carbonyl (C=O) groups excluding carboxylic acids is 1. The molecule has 1 atom stereocenters. The number of nitrogens with zero attached hydrogens (tertiary/aromatic N) is 4. The fraction of sp³-hybridized carbons (Fsp3) is 0.154. The first-order valence-electron chi connectivity index (χ1n) is 10.4. The predicted octanol–water partition coefficient (Wildman–Crippen LogP) is 5.86. The molecule has 2 aromatic heterocycles. The van der Waals surface area contributed by atoms with E-state index in [2.05, 4.69) is 21.8 Å². The molecule has 5 nitrogen and oxygen atoms in total. The van der Waals surface area contributed by atoms with Crippen molar-refractivity contribution in [3.63, 3.8) is 0 Å². The summed E-state index contributed by atoms with van der Waals surface area (Å²) in [6.45, 7) is 8.47.